The molecule has 1 amide bonds. The van der Waals surface area contributed by atoms with Crippen LogP contribution in [0.3, 0.4) is 0 Å². The fourth-order valence-electron chi connectivity index (χ4n) is 1.56. The van der Waals surface area contributed by atoms with Crippen molar-refractivity contribution >= 4 is 11.9 Å². The number of nitrogens with zero attached hydrogens (tertiary/aromatic N) is 1. The van der Waals surface area contributed by atoms with Crippen molar-refractivity contribution < 1.29 is 14.3 Å². The molecule has 0 saturated carbocycles. The second-order valence-corrected chi connectivity index (χ2v) is 3.89. The molecule has 1 fully saturated rings. The zero-order chi connectivity index (χ0) is 11.5. The van der Waals surface area contributed by atoms with Crippen LogP contribution in [-0.2, 0) is 4.79 Å². The van der Waals surface area contributed by atoms with E-state index in [2.05, 4.69) is 0 Å². The van der Waals surface area contributed by atoms with Gasteiger partial charge in [0, 0.05) is 13.0 Å². The first kappa shape index (κ1) is 10.7. The van der Waals surface area contributed by atoms with Crippen LogP contribution in [0, 0.1) is 6.92 Å². The summed E-state index contributed by atoms with van der Waals surface area (Å²) in [5.74, 6) is 0.593. The van der Waals surface area contributed by atoms with Gasteiger partial charge in [0.1, 0.15) is 5.75 Å². The Hall–Kier alpha value is -1.84. The molecule has 2 rings (SSSR count). The zero-order valence-electron chi connectivity index (χ0n) is 9.10. The van der Waals surface area contributed by atoms with Gasteiger partial charge in [0.2, 0.25) is 0 Å². The second kappa shape index (κ2) is 4.35. The van der Waals surface area contributed by atoms with Crippen LogP contribution in [0.5, 0.6) is 5.75 Å². The van der Waals surface area contributed by atoms with Gasteiger partial charge in [-0.3, -0.25) is 4.79 Å². The number of amides is 1. The summed E-state index contributed by atoms with van der Waals surface area (Å²) in [7, 11) is 0. The number of likely N-dealkylation sites (tertiary alicyclic amines) is 1. The Morgan fingerprint density at radius 1 is 1.31 bits per heavy atom. The Morgan fingerprint density at radius 2 is 2.00 bits per heavy atom. The molecule has 0 spiro atoms. The molecular formula is C12H13NO3. The minimum absolute atomic E-state index is 0.0841. The maximum Gasteiger partial charge on any atom is 0.415 e. The predicted octanol–water partition coefficient (Wildman–Crippen LogP) is 1.77. The highest BCUT2D eigenvalue weighted by Gasteiger charge is 2.25. The van der Waals surface area contributed by atoms with E-state index in [4.69, 9.17) is 4.74 Å². The number of Topliss-reactive ketones (excluding diaryl/α,β-unsaturated/α-hetero) is 1. The van der Waals surface area contributed by atoms with Crippen molar-refractivity contribution in [2.24, 2.45) is 0 Å². The number of benzene rings is 1. The normalized spacial score (nSPS) is 15.3. The number of carbonyl (C=O) groups is 2. The molecule has 0 radical (unpaired) electrons. The van der Waals surface area contributed by atoms with Crippen LogP contribution in [0.2, 0.25) is 0 Å². The van der Waals surface area contributed by atoms with E-state index in [0.717, 1.165) is 5.56 Å². The van der Waals surface area contributed by atoms with Gasteiger partial charge in [-0.2, -0.15) is 0 Å². The Balaban J connectivity index is 1.97. The van der Waals surface area contributed by atoms with E-state index in [-0.39, 0.29) is 12.3 Å². The summed E-state index contributed by atoms with van der Waals surface area (Å²) in [6.07, 6.45) is -0.0158. The third-order valence-electron chi connectivity index (χ3n) is 2.51. The van der Waals surface area contributed by atoms with Gasteiger partial charge in [0.15, 0.2) is 5.78 Å². The number of aryl methyl sites for hydroxylation is 1. The largest absolute Gasteiger partial charge is 0.415 e. The number of ether oxygens (including phenoxy) is 1. The average molecular weight is 219 g/mol. The quantitative estimate of drug-likeness (QED) is 0.723. The van der Waals surface area contributed by atoms with Crippen LogP contribution in [0.4, 0.5) is 4.79 Å². The molecule has 1 aromatic carbocycles. The molecule has 0 bridgehead atoms. The summed E-state index contributed by atoms with van der Waals surface area (Å²) in [5, 5.41) is 0. The molecule has 0 aromatic heterocycles. The highest BCUT2D eigenvalue weighted by molar-refractivity contribution is 5.87. The van der Waals surface area contributed by atoms with Gasteiger partial charge in [0.05, 0.1) is 6.54 Å². The molecule has 0 aliphatic carbocycles. The van der Waals surface area contributed by atoms with E-state index in [1.54, 1.807) is 12.1 Å². The second-order valence-electron chi connectivity index (χ2n) is 3.89. The van der Waals surface area contributed by atoms with Gasteiger partial charge in [-0.25, -0.2) is 4.79 Å². The van der Waals surface area contributed by atoms with Crippen LogP contribution in [0.25, 0.3) is 0 Å². The van der Waals surface area contributed by atoms with Crippen molar-refractivity contribution in [1.82, 2.24) is 4.90 Å². The van der Waals surface area contributed by atoms with Crippen LogP contribution in [0.1, 0.15) is 12.0 Å². The maximum absolute atomic E-state index is 11.6. The van der Waals surface area contributed by atoms with E-state index >= 15 is 0 Å². The number of ketones is 1. The minimum atomic E-state index is -0.449. The van der Waals surface area contributed by atoms with Crippen molar-refractivity contribution in [2.45, 2.75) is 13.3 Å². The van der Waals surface area contributed by atoms with Gasteiger partial charge in [-0.05, 0) is 19.1 Å². The lowest BCUT2D eigenvalue weighted by atomic mass is 10.2. The fraction of sp³-hybridized carbons (Fsp3) is 0.333. The molecule has 1 heterocycles. The van der Waals surface area contributed by atoms with Crippen LogP contribution in [-0.4, -0.2) is 29.9 Å². The molecule has 84 valence electrons. The van der Waals surface area contributed by atoms with Gasteiger partial charge in [-0.1, -0.05) is 17.7 Å². The van der Waals surface area contributed by atoms with Crippen LogP contribution < -0.4 is 4.74 Å². The summed E-state index contributed by atoms with van der Waals surface area (Å²) in [6.45, 7) is 2.60. The van der Waals surface area contributed by atoms with Gasteiger partial charge in [-0.15, -0.1) is 0 Å². The van der Waals surface area contributed by atoms with Gasteiger partial charge < -0.3 is 9.64 Å². The van der Waals surface area contributed by atoms with Crippen molar-refractivity contribution in [2.75, 3.05) is 13.1 Å². The first-order valence-corrected chi connectivity index (χ1v) is 5.20. The van der Waals surface area contributed by atoms with E-state index in [1.165, 1.54) is 4.90 Å². The van der Waals surface area contributed by atoms with E-state index in [9.17, 15) is 9.59 Å². The van der Waals surface area contributed by atoms with E-state index < -0.39 is 6.09 Å². The molecule has 0 atom stereocenters. The Morgan fingerprint density at radius 3 is 2.56 bits per heavy atom. The highest BCUT2D eigenvalue weighted by Crippen LogP contribution is 2.14. The molecular weight excluding hydrogens is 206 g/mol. The van der Waals surface area contributed by atoms with Crippen LogP contribution >= 0.6 is 0 Å². The minimum Gasteiger partial charge on any atom is -0.410 e. The molecule has 16 heavy (non-hydrogen) atoms. The SMILES string of the molecule is Cc1ccc(OC(=O)N2CCC(=O)C2)cc1. The summed E-state index contributed by atoms with van der Waals surface area (Å²) in [6, 6.07) is 7.23. The van der Waals surface area contributed by atoms with Crippen molar-refractivity contribution in [3.8, 4) is 5.75 Å². The number of rotatable bonds is 1. The summed E-state index contributed by atoms with van der Waals surface area (Å²) in [5.41, 5.74) is 1.11. The number of hydrogen-bond acceptors (Lipinski definition) is 3. The topological polar surface area (TPSA) is 46.6 Å². The molecule has 1 saturated heterocycles. The lowest BCUT2D eigenvalue weighted by Crippen LogP contribution is -2.31. The Labute approximate surface area is 93.8 Å². The molecule has 1 aliphatic rings. The summed E-state index contributed by atoms with van der Waals surface area (Å²) in [4.78, 5) is 24.0. The smallest absolute Gasteiger partial charge is 0.410 e. The molecule has 0 N–H and O–H groups in total. The molecule has 4 nitrogen and oxygen atoms in total. The van der Waals surface area contributed by atoms with E-state index in [1.807, 2.05) is 19.1 Å². The van der Waals surface area contributed by atoms with E-state index in [0.29, 0.717) is 18.7 Å². The van der Waals surface area contributed by atoms with Crippen molar-refractivity contribution in [3.63, 3.8) is 0 Å². The maximum atomic E-state index is 11.6. The Kier molecular flexibility index (Phi) is 2.90. The monoisotopic (exact) mass is 219 g/mol. The summed E-state index contributed by atoms with van der Waals surface area (Å²) >= 11 is 0. The van der Waals surface area contributed by atoms with Crippen molar-refractivity contribution in [1.29, 1.82) is 0 Å². The number of hydrogen-bond donors (Lipinski definition) is 0. The molecule has 1 aliphatic heterocycles. The first-order valence-electron chi connectivity index (χ1n) is 5.20. The third-order valence-corrected chi connectivity index (χ3v) is 2.51. The highest BCUT2D eigenvalue weighted by atomic mass is 16.6. The van der Waals surface area contributed by atoms with Crippen LogP contribution in [0.15, 0.2) is 24.3 Å². The standard InChI is InChI=1S/C12H13NO3/c1-9-2-4-11(5-3-9)16-12(15)13-7-6-10(14)8-13/h2-5H,6-8H2,1H3. The first-order chi connectivity index (χ1) is 7.65. The lowest BCUT2D eigenvalue weighted by Gasteiger charge is -2.13. The Bertz CT molecular complexity index is 411. The lowest BCUT2D eigenvalue weighted by molar-refractivity contribution is -0.116. The van der Waals surface area contributed by atoms with Gasteiger partial charge >= 0.3 is 6.09 Å². The predicted molar refractivity (Wildman–Crippen MR) is 58.4 cm³/mol. The fourth-order valence-corrected chi connectivity index (χ4v) is 1.56. The number of carbonyl (C=O) groups excluding carboxylic acids is 2. The molecule has 1 aromatic rings. The van der Waals surface area contributed by atoms with Crippen molar-refractivity contribution in [3.05, 3.63) is 29.8 Å². The third kappa shape index (κ3) is 2.39. The molecule has 0 unspecified atom stereocenters. The zero-order valence-corrected chi connectivity index (χ0v) is 9.10. The summed E-state index contributed by atoms with van der Waals surface area (Å²) < 4.78 is 5.14. The van der Waals surface area contributed by atoms with Gasteiger partial charge in [0.25, 0.3) is 0 Å². The molecule has 4 heteroatoms. The average Bonchev–Trinajstić information content (AvgIpc) is 2.68.